The number of primary amides is 1. The van der Waals surface area contributed by atoms with Gasteiger partial charge in [-0.2, -0.15) is 0 Å². The van der Waals surface area contributed by atoms with Crippen molar-refractivity contribution in [2.24, 2.45) is 5.73 Å². The van der Waals surface area contributed by atoms with Gasteiger partial charge < -0.3 is 20.1 Å². The van der Waals surface area contributed by atoms with Crippen molar-refractivity contribution in [1.82, 2.24) is 4.90 Å². The van der Waals surface area contributed by atoms with Crippen molar-refractivity contribution in [2.45, 2.75) is 18.9 Å². The van der Waals surface area contributed by atoms with Crippen molar-refractivity contribution in [3.05, 3.63) is 22.7 Å². The predicted octanol–water partition coefficient (Wildman–Crippen LogP) is 1.45. The zero-order chi connectivity index (χ0) is 15.6. The van der Waals surface area contributed by atoms with Crippen molar-refractivity contribution in [2.75, 3.05) is 20.8 Å². The van der Waals surface area contributed by atoms with Gasteiger partial charge in [0.1, 0.15) is 0 Å². The highest BCUT2D eigenvalue weighted by Crippen LogP contribution is 2.37. The van der Waals surface area contributed by atoms with Gasteiger partial charge in [0.25, 0.3) is 11.8 Å². The zero-order valence-corrected chi connectivity index (χ0v) is 12.6. The molecule has 0 radical (unpaired) electrons. The Labute approximate surface area is 127 Å². The lowest BCUT2D eigenvalue weighted by molar-refractivity contribution is -0.119. The van der Waals surface area contributed by atoms with Gasteiger partial charge in [0.2, 0.25) is 0 Å². The second kappa shape index (κ2) is 6.22. The molecule has 1 aromatic carbocycles. The summed E-state index contributed by atoms with van der Waals surface area (Å²) in [7, 11) is 3.19. The first-order valence-electron chi connectivity index (χ1n) is 6.49. The van der Waals surface area contributed by atoms with Gasteiger partial charge in [-0.05, 0) is 25.0 Å². The number of hydrogen-bond donors (Lipinski definition) is 1. The second-order valence-corrected chi connectivity index (χ2v) is 5.30. The normalized spacial score (nSPS) is 13.7. The molecule has 1 fully saturated rings. The van der Waals surface area contributed by atoms with E-state index < -0.39 is 5.91 Å². The van der Waals surface area contributed by atoms with E-state index in [-0.39, 0.29) is 29.0 Å². The van der Waals surface area contributed by atoms with E-state index in [1.165, 1.54) is 13.2 Å². The summed E-state index contributed by atoms with van der Waals surface area (Å²) >= 11 is 6.11. The van der Waals surface area contributed by atoms with Crippen molar-refractivity contribution in [3.8, 4) is 11.5 Å². The smallest absolute Gasteiger partial charge is 0.255 e. The molecule has 114 valence electrons. The van der Waals surface area contributed by atoms with E-state index in [1.54, 1.807) is 18.0 Å². The van der Waals surface area contributed by atoms with E-state index >= 15 is 0 Å². The Bertz CT molecular complexity index is 572. The number of ether oxygens (including phenoxy) is 2. The largest absolute Gasteiger partial charge is 0.493 e. The lowest BCUT2D eigenvalue weighted by Gasteiger charge is -2.18. The predicted molar refractivity (Wildman–Crippen MR) is 77.8 cm³/mol. The molecule has 0 heterocycles. The Morgan fingerprint density at radius 2 is 2.10 bits per heavy atom. The molecule has 0 saturated heterocycles. The van der Waals surface area contributed by atoms with Gasteiger partial charge in [0.05, 0.1) is 12.1 Å². The molecule has 0 atom stereocenters. The van der Waals surface area contributed by atoms with E-state index in [9.17, 15) is 9.59 Å². The second-order valence-electron chi connectivity index (χ2n) is 4.89. The standard InChI is InChI=1S/C14H17ClN2O4/c1-17(9-3-4-9)14(19)8-5-10(15)13(11(6-8)20-2)21-7-12(16)18/h5-6,9H,3-4,7H2,1-2H3,(H2,16,18). The third-order valence-electron chi connectivity index (χ3n) is 3.25. The summed E-state index contributed by atoms with van der Waals surface area (Å²) in [6.45, 7) is -0.314. The van der Waals surface area contributed by atoms with Crippen molar-refractivity contribution in [3.63, 3.8) is 0 Å². The molecule has 0 aliphatic heterocycles. The van der Waals surface area contributed by atoms with Crippen LogP contribution in [0.2, 0.25) is 5.02 Å². The van der Waals surface area contributed by atoms with E-state index in [1.807, 2.05) is 0 Å². The average Bonchev–Trinajstić information content (AvgIpc) is 3.27. The van der Waals surface area contributed by atoms with Crippen LogP contribution in [0.1, 0.15) is 23.2 Å². The van der Waals surface area contributed by atoms with Crippen LogP contribution >= 0.6 is 11.6 Å². The minimum atomic E-state index is -0.623. The summed E-state index contributed by atoms with van der Waals surface area (Å²) in [6.07, 6.45) is 2.04. The molecule has 0 unspecified atom stereocenters. The number of amides is 2. The fourth-order valence-electron chi connectivity index (χ4n) is 1.96. The minimum Gasteiger partial charge on any atom is -0.493 e. The van der Waals surface area contributed by atoms with Gasteiger partial charge in [0, 0.05) is 18.7 Å². The number of rotatable bonds is 6. The van der Waals surface area contributed by atoms with Crippen LogP contribution in [0.25, 0.3) is 0 Å². The summed E-state index contributed by atoms with van der Waals surface area (Å²) in [5, 5.41) is 0.197. The third-order valence-corrected chi connectivity index (χ3v) is 3.53. The van der Waals surface area contributed by atoms with Gasteiger partial charge in [-0.15, -0.1) is 0 Å². The molecule has 2 amide bonds. The monoisotopic (exact) mass is 312 g/mol. The SMILES string of the molecule is COc1cc(C(=O)N(C)C2CC2)cc(Cl)c1OCC(N)=O. The Kier molecular flexibility index (Phi) is 4.57. The average molecular weight is 313 g/mol. The summed E-state index contributed by atoms with van der Waals surface area (Å²) < 4.78 is 10.4. The number of carbonyl (C=O) groups is 2. The Morgan fingerprint density at radius 1 is 1.43 bits per heavy atom. The fourth-order valence-corrected chi connectivity index (χ4v) is 2.22. The van der Waals surface area contributed by atoms with Gasteiger partial charge in [-0.3, -0.25) is 9.59 Å². The van der Waals surface area contributed by atoms with Gasteiger partial charge in [-0.25, -0.2) is 0 Å². The van der Waals surface area contributed by atoms with E-state index in [2.05, 4.69) is 0 Å². The molecular formula is C14H17ClN2O4. The van der Waals surface area contributed by atoms with Crippen LogP contribution < -0.4 is 15.2 Å². The van der Waals surface area contributed by atoms with Crippen molar-refractivity contribution in [1.29, 1.82) is 0 Å². The Balaban J connectivity index is 2.26. The minimum absolute atomic E-state index is 0.126. The van der Waals surface area contributed by atoms with E-state index in [0.717, 1.165) is 12.8 Å². The van der Waals surface area contributed by atoms with Crippen LogP contribution in [-0.2, 0) is 4.79 Å². The number of carbonyl (C=O) groups excluding carboxylic acids is 2. The molecule has 6 nitrogen and oxygen atoms in total. The van der Waals surface area contributed by atoms with Gasteiger partial charge >= 0.3 is 0 Å². The first kappa shape index (κ1) is 15.4. The summed E-state index contributed by atoms with van der Waals surface area (Å²) in [4.78, 5) is 24.8. The van der Waals surface area contributed by atoms with Crippen LogP contribution in [0.5, 0.6) is 11.5 Å². The molecule has 1 aliphatic rings. The van der Waals surface area contributed by atoms with Crippen LogP contribution in [0.3, 0.4) is 0 Å². The van der Waals surface area contributed by atoms with E-state index in [4.69, 9.17) is 26.8 Å². The molecule has 0 spiro atoms. The Morgan fingerprint density at radius 3 is 2.62 bits per heavy atom. The number of benzene rings is 1. The molecule has 1 aromatic rings. The summed E-state index contributed by atoms with van der Waals surface area (Å²) in [5.74, 6) is -0.263. The number of methoxy groups -OCH3 is 1. The van der Waals surface area contributed by atoms with Crippen molar-refractivity contribution >= 4 is 23.4 Å². The van der Waals surface area contributed by atoms with Gasteiger partial charge in [0.15, 0.2) is 18.1 Å². The number of nitrogens with zero attached hydrogens (tertiary/aromatic N) is 1. The van der Waals surface area contributed by atoms with Crippen LogP contribution in [0, 0.1) is 0 Å². The first-order valence-corrected chi connectivity index (χ1v) is 6.87. The topological polar surface area (TPSA) is 81.9 Å². The van der Waals surface area contributed by atoms with Crippen LogP contribution in [-0.4, -0.2) is 43.5 Å². The molecule has 1 aliphatic carbocycles. The molecule has 0 bridgehead atoms. The highest BCUT2D eigenvalue weighted by Gasteiger charge is 2.30. The van der Waals surface area contributed by atoms with Gasteiger partial charge in [-0.1, -0.05) is 11.6 Å². The van der Waals surface area contributed by atoms with Crippen LogP contribution in [0.4, 0.5) is 0 Å². The number of nitrogens with two attached hydrogens (primary N) is 1. The molecule has 2 N–H and O–H groups in total. The number of halogens is 1. The molecule has 1 saturated carbocycles. The highest BCUT2D eigenvalue weighted by molar-refractivity contribution is 6.32. The van der Waals surface area contributed by atoms with Crippen LogP contribution in [0.15, 0.2) is 12.1 Å². The molecule has 0 aromatic heterocycles. The Hall–Kier alpha value is -1.95. The third kappa shape index (κ3) is 3.58. The zero-order valence-electron chi connectivity index (χ0n) is 11.9. The van der Waals surface area contributed by atoms with E-state index in [0.29, 0.717) is 11.6 Å². The quantitative estimate of drug-likeness (QED) is 0.862. The highest BCUT2D eigenvalue weighted by atomic mass is 35.5. The molecule has 7 heteroatoms. The first-order chi connectivity index (χ1) is 9.93. The number of hydrogen-bond acceptors (Lipinski definition) is 4. The molecule has 21 heavy (non-hydrogen) atoms. The maximum Gasteiger partial charge on any atom is 0.255 e. The lowest BCUT2D eigenvalue weighted by Crippen LogP contribution is -2.28. The molecular weight excluding hydrogens is 296 g/mol. The summed E-state index contributed by atoms with van der Waals surface area (Å²) in [6, 6.07) is 3.35. The maximum absolute atomic E-state index is 12.3. The molecule has 2 rings (SSSR count). The maximum atomic E-state index is 12.3. The van der Waals surface area contributed by atoms with Crippen molar-refractivity contribution < 1.29 is 19.1 Å². The summed E-state index contributed by atoms with van der Waals surface area (Å²) in [5.41, 5.74) is 5.45. The fraction of sp³-hybridized carbons (Fsp3) is 0.429. The lowest BCUT2D eigenvalue weighted by atomic mass is 10.1.